The Balaban J connectivity index is 2.13. The van der Waals surface area contributed by atoms with Gasteiger partial charge in [-0.3, -0.25) is 4.98 Å². The molecule has 1 atom stereocenters. The normalized spacial score (nSPS) is 11.9. The van der Waals surface area contributed by atoms with Crippen LogP contribution in [0, 0.1) is 0 Å². The Bertz CT molecular complexity index is 661. The number of likely N-dealkylation sites (N-methyl/N-ethyl adjacent to an activating group) is 1. The number of thiocarbonyl (C=S) groups is 1. The van der Waals surface area contributed by atoms with Crippen LogP contribution in [0.5, 0.6) is 5.75 Å². The van der Waals surface area contributed by atoms with Gasteiger partial charge in [-0.05, 0) is 69.1 Å². The zero-order valence-electron chi connectivity index (χ0n) is 15.3. The number of nitrogens with one attached hydrogen (secondary N) is 1. The first kappa shape index (κ1) is 19.1. The molecule has 5 nitrogen and oxygen atoms in total. The first-order valence-electron chi connectivity index (χ1n) is 8.27. The highest BCUT2D eigenvalue weighted by atomic mass is 32.1. The molecule has 0 saturated heterocycles. The Morgan fingerprint density at radius 2 is 1.92 bits per heavy atom. The highest BCUT2D eigenvalue weighted by molar-refractivity contribution is 7.80. The second-order valence-corrected chi connectivity index (χ2v) is 6.50. The minimum atomic E-state index is 0.131. The number of hydrogen-bond acceptors (Lipinski definition) is 4. The summed E-state index contributed by atoms with van der Waals surface area (Å²) < 4.78 is 5.20. The molecule has 0 amide bonds. The lowest BCUT2D eigenvalue weighted by atomic mass is 10.1. The molecule has 0 fully saturated rings. The third-order valence-electron chi connectivity index (χ3n) is 4.02. The van der Waals surface area contributed by atoms with Crippen molar-refractivity contribution in [1.29, 1.82) is 0 Å². The predicted molar refractivity (Wildman–Crippen MR) is 107 cm³/mol. The van der Waals surface area contributed by atoms with E-state index in [1.165, 1.54) is 0 Å². The van der Waals surface area contributed by atoms with Gasteiger partial charge >= 0.3 is 0 Å². The van der Waals surface area contributed by atoms with Gasteiger partial charge in [-0.1, -0.05) is 6.07 Å². The number of pyridine rings is 1. The number of hydrogen-bond donors (Lipinski definition) is 1. The zero-order chi connectivity index (χ0) is 18.2. The third-order valence-corrected chi connectivity index (χ3v) is 4.36. The fraction of sp³-hybridized carbons (Fsp3) is 0.368. The number of rotatable bonds is 7. The monoisotopic (exact) mass is 358 g/mol. The molecular weight excluding hydrogens is 332 g/mol. The van der Waals surface area contributed by atoms with E-state index in [-0.39, 0.29) is 6.04 Å². The van der Waals surface area contributed by atoms with Crippen LogP contribution >= 0.6 is 12.2 Å². The fourth-order valence-corrected chi connectivity index (χ4v) is 2.82. The van der Waals surface area contributed by atoms with Crippen molar-refractivity contribution in [2.45, 2.75) is 13.0 Å². The molecule has 25 heavy (non-hydrogen) atoms. The van der Waals surface area contributed by atoms with Crippen molar-refractivity contribution >= 4 is 23.0 Å². The van der Waals surface area contributed by atoms with Crippen LogP contribution in [-0.4, -0.2) is 54.2 Å². The summed E-state index contributed by atoms with van der Waals surface area (Å²) in [7, 11) is 5.78. The first-order chi connectivity index (χ1) is 12.0. The van der Waals surface area contributed by atoms with E-state index in [0.29, 0.717) is 5.11 Å². The van der Waals surface area contributed by atoms with Crippen molar-refractivity contribution in [2.24, 2.45) is 0 Å². The SMILES string of the molecule is COc1ccc(NC(=S)N(CCN(C)C)[C@H](C)c2cccnc2)cc1. The number of anilines is 1. The Kier molecular flexibility index (Phi) is 7.16. The van der Waals surface area contributed by atoms with Crippen LogP contribution in [0.15, 0.2) is 48.8 Å². The summed E-state index contributed by atoms with van der Waals surface area (Å²) in [6.07, 6.45) is 3.68. The highest BCUT2D eigenvalue weighted by Gasteiger charge is 2.19. The van der Waals surface area contributed by atoms with Crippen LogP contribution in [0.1, 0.15) is 18.5 Å². The van der Waals surface area contributed by atoms with Crippen LogP contribution in [-0.2, 0) is 0 Å². The van der Waals surface area contributed by atoms with Crippen molar-refractivity contribution in [2.75, 3.05) is 39.6 Å². The summed E-state index contributed by atoms with van der Waals surface area (Å²) in [5.41, 5.74) is 2.08. The van der Waals surface area contributed by atoms with Crippen molar-refractivity contribution in [3.8, 4) is 5.75 Å². The molecule has 1 aromatic carbocycles. The zero-order valence-corrected chi connectivity index (χ0v) is 16.1. The second-order valence-electron chi connectivity index (χ2n) is 6.12. The van der Waals surface area contributed by atoms with Crippen LogP contribution in [0.3, 0.4) is 0 Å². The molecule has 0 aliphatic rings. The standard InChI is InChI=1S/C19H26N4OS/c1-15(16-6-5-11-20-14-16)23(13-12-22(2)3)19(25)21-17-7-9-18(24-4)10-8-17/h5-11,14-15H,12-13H2,1-4H3,(H,21,25)/t15-/m1/s1. The highest BCUT2D eigenvalue weighted by Crippen LogP contribution is 2.21. The predicted octanol–water partition coefficient (Wildman–Crippen LogP) is 3.41. The summed E-state index contributed by atoms with van der Waals surface area (Å²) in [5, 5.41) is 4.03. The molecular formula is C19H26N4OS. The van der Waals surface area contributed by atoms with E-state index in [9.17, 15) is 0 Å². The second kappa shape index (κ2) is 9.34. The summed E-state index contributed by atoms with van der Waals surface area (Å²) in [5.74, 6) is 0.824. The number of ether oxygens (including phenoxy) is 1. The van der Waals surface area contributed by atoms with Gasteiger partial charge in [0.2, 0.25) is 0 Å². The Hall–Kier alpha value is -2.18. The van der Waals surface area contributed by atoms with Gasteiger partial charge in [0.05, 0.1) is 13.2 Å². The molecule has 0 saturated carbocycles. The molecule has 2 aromatic rings. The van der Waals surface area contributed by atoms with Gasteiger partial charge in [-0.15, -0.1) is 0 Å². The van der Waals surface area contributed by atoms with Crippen LogP contribution in [0.25, 0.3) is 0 Å². The van der Waals surface area contributed by atoms with Crippen molar-refractivity contribution in [1.82, 2.24) is 14.8 Å². The molecule has 134 valence electrons. The lowest BCUT2D eigenvalue weighted by Gasteiger charge is -2.33. The molecule has 1 heterocycles. The number of aromatic nitrogens is 1. The molecule has 0 bridgehead atoms. The number of nitrogens with zero attached hydrogens (tertiary/aromatic N) is 3. The summed E-state index contributed by atoms with van der Waals surface area (Å²) in [6.45, 7) is 3.88. The average Bonchev–Trinajstić information content (AvgIpc) is 2.63. The van der Waals surface area contributed by atoms with Crippen molar-refractivity contribution < 1.29 is 4.74 Å². The lowest BCUT2D eigenvalue weighted by Crippen LogP contribution is -2.40. The van der Waals surface area contributed by atoms with E-state index < -0.39 is 0 Å². The Morgan fingerprint density at radius 1 is 1.20 bits per heavy atom. The topological polar surface area (TPSA) is 40.6 Å². The van der Waals surface area contributed by atoms with Gasteiger partial charge in [-0.25, -0.2) is 0 Å². The van der Waals surface area contributed by atoms with Gasteiger partial charge in [0.1, 0.15) is 5.75 Å². The molecule has 1 N–H and O–H groups in total. The quantitative estimate of drug-likeness (QED) is 0.765. The fourth-order valence-electron chi connectivity index (χ4n) is 2.45. The number of methoxy groups -OCH3 is 1. The third kappa shape index (κ3) is 5.69. The van der Waals surface area contributed by atoms with Crippen molar-refractivity contribution in [3.05, 3.63) is 54.4 Å². The van der Waals surface area contributed by atoms with Gasteiger partial charge < -0.3 is 19.9 Å². The number of benzene rings is 1. The van der Waals surface area contributed by atoms with E-state index in [1.54, 1.807) is 13.3 Å². The van der Waals surface area contributed by atoms with Crippen LogP contribution < -0.4 is 10.1 Å². The molecule has 6 heteroatoms. The molecule has 0 spiro atoms. The molecule has 2 rings (SSSR count). The summed E-state index contributed by atoms with van der Waals surface area (Å²) in [4.78, 5) is 8.57. The Morgan fingerprint density at radius 3 is 2.48 bits per heavy atom. The first-order valence-corrected chi connectivity index (χ1v) is 8.68. The minimum absolute atomic E-state index is 0.131. The van der Waals surface area contributed by atoms with E-state index >= 15 is 0 Å². The molecule has 0 radical (unpaired) electrons. The van der Waals surface area contributed by atoms with Gasteiger partial charge in [0.25, 0.3) is 0 Å². The van der Waals surface area contributed by atoms with Crippen LogP contribution in [0.4, 0.5) is 5.69 Å². The smallest absolute Gasteiger partial charge is 0.173 e. The molecule has 0 unspecified atom stereocenters. The minimum Gasteiger partial charge on any atom is -0.497 e. The summed E-state index contributed by atoms with van der Waals surface area (Å²) >= 11 is 5.69. The molecule has 1 aromatic heterocycles. The maximum Gasteiger partial charge on any atom is 0.173 e. The van der Waals surface area contributed by atoms with E-state index in [2.05, 4.69) is 47.2 Å². The van der Waals surface area contributed by atoms with E-state index in [4.69, 9.17) is 17.0 Å². The lowest BCUT2D eigenvalue weighted by molar-refractivity contribution is 0.289. The Labute approximate surface area is 155 Å². The van der Waals surface area contributed by atoms with Gasteiger partial charge in [0.15, 0.2) is 5.11 Å². The maximum absolute atomic E-state index is 5.69. The molecule has 0 aliphatic carbocycles. The van der Waals surface area contributed by atoms with E-state index in [1.807, 2.05) is 36.5 Å². The van der Waals surface area contributed by atoms with Gasteiger partial charge in [-0.2, -0.15) is 0 Å². The summed E-state index contributed by atoms with van der Waals surface area (Å²) in [6, 6.07) is 11.9. The van der Waals surface area contributed by atoms with Crippen LogP contribution in [0.2, 0.25) is 0 Å². The average molecular weight is 359 g/mol. The van der Waals surface area contributed by atoms with E-state index in [0.717, 1.165) is 30.1 Å². The largest absolute Gasteiger partial charge is 0.497 e. The van der Waals surface area contributed by atoms with Gasteiger partial charge in [0, 0.05) is 31.2 Å². The maximum atomic E-state index is 5.69. The van der Waals surface area contributed by atoms with Crippen molar-refractivity contribution in [3.63, 3.8) is 0 Å². The molecule has 0 aliphatic heterocycles.